The smallest absolute Gasteiger partial charge is 0.155 e. The predicted molar refractivity (Wildman–Crippen MR) is 73.2 cm³/mol. The van der Waals surface area contributed by atoms with E-state index in [0.717, 1.165) is 11.4 Å². The average molecular weight is 274 g/mol. The molecule has 0 aliphatic heterocycles. The lowest BCUT2D eigenvalue weighted by Gasteiger charge is -2.11. The zero-order valence-corrected chi connectivity index (χ0v) is 11.6. The highest BCUT2D eigenvalue weighted by Gasteiger charge is 2.14. The highest BCUT2D eigenvalue weighted by molar-refractivity contribution is 6.31. The lowest BCUT2D eigenvalue weighted by molar-refractivity contribution is 0.416. The molecule has 0 radical (unpaired) electrons. The Hall–Kier alpha value is -2.12. The van der Waals surface area contributed by atoms with Gasteiger partial charge in [-0.3, -0.25) is 0 Å². The summed E-state index contributed by atoms with van der Waals surface area (Å²) in [5.74, 6) is 0.610. The number of halogens is 1. The lowest BCUT2D eigenvalue weighted by atomic mass is 10.1. The highest BCUT2D eigenvalue weighted by atomic mass is 35.5. The molecule has 96 valence electrons. The fourth-order valence-corrected chi connectivity index (χ4v) is 1.98. The Kier molecular flexibility index (Phi) is 3.68. The van der Waals surface area contributed by atoms with Crippen LogP contribution >= 0.6 is 11.6 Å². The van der Waals surface area contributed by atoms with Crippen molar-refractivity contribution in [3.63, 3.8) is 0 Å². The molecule has 5 heteroatoms. The Bertz CT molecular complexity index is 677. The maximum atomic E-state index is 8.98. The molecule has 2 rings (SSSR count). The van der Waals surface area contributed by atoms with Crippen molar-refractivity contribution >= 4 is 11.6 Å². The minimum Gasteiger partial charge on any atom is -0.496 e. The van der Waals surface area contributed by atoms with Crippen molar-refractivity contribution in [2.45, 2.75) is 13.8 Å². The van der Waals surface area contributed by atoms with E-state index in [4.69, 9.17) is 21.6 Å². The van der Waals surface area contributed by atoms with Gasteiger partial charge in [-0.05, 0) is 32.0 Å². The number of benzene rings is 1. The van der Waals surface area contributed by atoms with Crippen LogP contribution in [0.5, 0.6) is 5.75 Å². The van der Waals surface area contributed by atoms with Crippen LogP contribution in [0.1, 0.15) is 17.0 Å². The number of nitriles is 1. The van der Waals surface area contributed by atoms with E-state index in [9.17, 15) is 0 Å². The molecule has 1 aromatic heterocycles. The molecule has 0 fully saturated rings. The van der Waals surface area contributed by atoms with E-state index in [1.807, 2.05) is 13.8 Å². The van der Waals surface area contributed by atoms with Crippen LogP contribution in [0.2, 0.25) is 5.15 Å². The molecule has 2 aromatic rings. The Balaban J connectivity index is 2.70. The number of ether oxygens (including phenoxy) is 1. The summed E-state index contributed by atoms with van der Waals surface area (Å²) in [6.45, 7) is 3.71. The van der Waals surface area contributed by atoms with Crippen LogP contribution in [0.25, 0.3) is 11.3 Å². The van der Waals surface area contributed by atoms with Gasteiger partial charge in [-0.25, -0.2) is 9.97 Å². The fourth-order valence-electron chi connectivity index (χ4n) is 1.71. The van der Waals surface area contributed by atoms with Gasteiger partial charge >= 0.3 is 0 Å². The molecule has 0 saturated carbocycles. The Morgan fingerprint density at radius 3 is 2.53 bits per heavy atom. The first kappa shape index (κ1) is 13.3. The second-order valence-electron chi connectivity index (χ2n) is 4.06. The lowest BCUT2D eigenvalue weighted by Crippen LogP contribution is -1.98. The van der Waals surface area contributed by atoms with Gasteiger partial charge in [0.05, 0.1) is 30.1 Å². The summed E-state index contributed by atoms with van der Waals surface area (Å²) in [5.41, 5.74) is 3.29. The molecule has 0 unspecified atom stereocenters. The molecule has 0 spiro atoms. The van der Waals surface area contributed by atoms with Crippen LogP contribution in [0.4, 0.5) is 0 Å². The predicted octanol–water partition coefficient (Wildman–Crippen LogP) is 3.29. The van der Waals surface area contributed by atoms with Gasteiger partial charge in [0.25, 0.3) is 0 Å². The molecule has 0 amide bonds. The molecule has 0 N–H and O–H groups in total. The average Bonchev–Trinajstić information content (AvgIpc) is 2.42. The van der Waals surface area contributed by atoms with E-state index < -0.39 is 0 Å². The number of nitrogens with zero attached hydrogens (tertiary/aromatic N) is 3. The SMILES string of the molecule is COc1ccc(C#N)cc1-c1nc(C)c(C)nc1Cl. The number of hydrogen-bond donors (Lipinski definition) is 0. The number of aryl methyl sites for hydroxylation is 2. The molecule has 1 heterocycles. The molecule has 1 aromatic carbocycles. The van der Waals surface area contributed by atoms with Gasteiger partial charge in [0, 0.05) is 5.56 Å². The van der Waals surface area contributed by atoms with Crippen molar-refractivity contribution in [1.82, 2.24) is 9.97 Å². The summed E-state index contributed by atoms with van der Waals surface area (Å²) in [4.78, 5) is 8.69. The van der Waals surface area contributed by atoms with Gasteiger partial charge in [0.1, 0.15) is 11.4 Å². The van der Waals surface area contributed by atoms with Gasteiger partial charge in [-0.1, -0.05) is 11.6 Å². The van der Waals surface area contributed by atoms with E-state index in [-0.39, 0.29) is 0 Å². The minimum absolute atomic E-state index is 0.302. The summed E-state index contributed by atoms with van der Waals surface area (Å²) in [6, 6.07) is 7.19. The third-order valence-electron chi connectivity index (χ3n) is 2.85. The maximum absolute atomic E-state index is 8.98. The number of rotatable bonds is 2. The molecule has 0 atom stereocenters. The van der Waals surface area contributed by atoms with Crippen molar-refractivity contribution in [2.75, 3.05) is 7.11 Å². The van der Waals surface area contributed by atoms with Crippen LogP contribution in [-0.4, -0.2) is 17.1 Å². The standard InChI is InChI=1S/C14H12ClN3O/c1-8-9(2)18-14(15)13(17-8)11-6-10(7-16)4-5-12(11)19-3/h4-6H,1-3H3. The monoisotopic (exact) mass is 273 g/mol. The van der Waals surface area contributed by atoms with Gasteiger partial charge in [-0.2, -0.15) is 5.26 Å². The molecule has 0 aliphatic rings. The van der Waals surface area contributed by atoms with Gasteiger partial charge in [-0.15, -0.1) is 0 Å². The number of methoxy groups -OCH3 is 1. The second-order valence-corrected chi connectivity index (χ2v) is 4.42. The van der Waals surface area contributed by atoms with E-state index >= 15 is 0 Å². The quantitative estimate of drug-likeness (QED) is 0.842. The van der Waals surface area contributed by atoms with E-state index in [1.165, 1.54) is 0 Å². The highest BCUT2D eigenvalue weighted by Crippen LogP contribution is 2.33. The summed E-state index contributed by atoms with van der Waals surface area (Å²) in [6.07, 6.45) is 0. The van der Waals surface area contributed by atoms with Crippen LogP contribution in [0.15, 0.2) is 18.2 Å². The van der Waals surface area contributed by atoms with E-state index in [2.05, 4.69) is 16.0 Å². The Morgan fingerprint density at radius 2 is 1.89 bits per heavy atom. The summed E-state index contributed by atoms with van der Waals surface area (Å²) < 4.78 is 5.29. The minimum atomic E-state index is 0.302. The maximum Gasteiger partial charge on any atom is 0.155 e. The second kappa shape index (κ2) is 5.25. The molecule has 0 bridgehead atoms. The van der Waals surface area contributed by atoms with Crippen LogP contribution in [0.3, 0.4) is 0 Å². The first-order chi connectivity index (χ1) is 9.06. The van der Waals surface area contributed by atoms with Gasteiger partial charge < -0.3 is 4.74 Å². The molecule has 0 aliphatic carbocycles. The van der Waals surface area contributed by atoms with Crippen LogP contribution in [-0.2, 0) is 0 Å². The van der Waals surface area contributed by atoms with Crippen LogP contribution in [0, 0.1) is 25.2 Å². The largest absolute Gasteiger partial charge is 0.496 e. The first-order valence-corrected chi connectivity index (χ1v) is 6.04. The van der Waals surface area contributed by atoms with E-state index in [1.54, 1.807) is 25.3 Å². The molecular formula is C14H12ClN3O. The van der Waals surface area contributed by atoms with Crippen LogP contribution < -0.4 is 4.74 Å². The normalized spacial score (nSPS) is 10.1. The molecular weight excluding hydrogens is 262 g/mol. The number of aromatic nitrogens is 2. The third-order valence-corrected chi connectivity index (χ3v) is 3.11. The molecule has 4 nitrogen and oxygen atoms in total. The van der Waals surface area contributed by atoms with Crippen molar-refractivity contribution in [2.24, 2.45) is 0 Å². The van der Waals surface area contributed by atoms with Crippen molar-refractivity contribution in [3.8, 4) is 23.1 Å². The fraction of sp³-hybridized carbons (Fsp3) is 0.214. The topological polar surface area (TPSA) is 58.8 Å². The molecule has 19 heavy (non-hydrogen) atoms. The van der Waals surface area contributed by atoms with Gasteiger partial charge in [0.2, 0.25) is 0 Å². The zero-order valence-electron chi connectivity index (χ0n) is 10.9. The zero-order chi connectivity index (χ0) is 14.0. The van der Waals surface area contributed by atoms with Gasteiger partial charge in [0.15, 0.2) is 5.15 Å². The summed E-state index contributed by atoms with van der Waals surface area (Å²) in [7, 11) is 1.56. The third kappa shape index (κ3) is 2.51. The summed E-state index contributed by atoms with van der Waals surface area (Å²) in [5, 5.41) is 9.28. The Morgan fingerprint density at radius 1 is 1.21 bits per heavy atom. The first-order valence-electron chi connectivity index (χ1n) is 5.66. The summed E-state index contributed by atoms with van der Waals surface area (Å²) >= 11 is 6.15. The van der Waals surface area contributed by atoms with Crippen molar-refractivity contribution in [1.29, 1.82) is 5.26 Å². The van der Waals surface area contributed by atoms with E-state index in [0.29, 0.717) is 27.7 Å². The number of hydrogen-bond acceptors (Lipinski definition) is 4. The Labute approximate surface area is 116 Å². The van der Waals surface area contributed by atoms with Crippen molar-refractivity contribution in [3.05, 3.63) is 40.3 Å². The van der Waals surface area contributed by atoms with Crippen molar-refractivity contribution < 1.29 is 4.74 Å². The molecule has 0 saturated heterocycles.